The number of nitrogens with zero attached hydrogens (tertiary/aromatic N) is 2. The molecule has 0 aliphatic rings. The first-order valence-corrected chi connectivity index (χ1v) is 7.07. The lowest BCUT2D eigenvalue weighted by Crippen LogP contribution is -2.14. The van der Waals surface area contributed by atoms with E-state index in [9.17, 15) is 4.39 Å². The summed E-state index contributed by atoms with van der Waals surface area (Å²) in [6.07, 6.45) is 4.79. The van der Waals surface area contributed by atoms with E-state index in [0.29, 0.717) is 18.2 Å². The van der Waals surface area contributed by atoms with Crippen LogP contribution in [0.3, 0.4) is 0 Å². The van der Waals surface area contributed by atoms with Crippen molar-refractivity contribution in [2.45, 2.75) is 25.9 Å². The lowest BCUT2D eigenvalue weighted by atomic mass is 10.1. The zero-order valence-corrected chi connectivity index (χ0v) is 12.6. The van der Waals surface area contributed by atoms with Gasteiger partial charge in [-0.25, -0.2) is 4.39 Å². The molecule has 0 amide bonds. The third-order valence-corrected chi connectivity index (χ3v) is 3.65. The molecule has 5 heteroatoms. The molecule has 1 atom stereocenters. The highest BCUT2D eigenvalue weighted by molar-refractivity contribution is 9.10. The fourth-order valence-corrected chi connectivity index (χ4v) is 2.50. The van der Waals surface area contributed by atoms with Gasteiger partial charge in [-0.2, -0.15) is 5.10 Å². The minimum absolute atomic E-state index is 0.207. The van der Waals surface area contributed by atoms with E-state index in [2.05, 4.69) is 33.3 Å². The molecule has 1 unspecified atom stereocenters. The van der Waals surface area contributed by atoms with E-state index < -0.39 is 0 Å². The Labute approximate surface area is 121 Å². The van der Waals surface area contributed by atoms with Gasteiger partial charge in [0.05, 0.1) is 12.7 Å². The lowest BCUT2D eigenvalue weighted by Gasteiger charge is -2.10. The Morgan fingerprint density at radius 3 is 2.95 bits per heavy atom. The van der Waals surface area contributed by atoms with E-state index in [1.807, 2.05) is 19.4 Å². The van der Waals surface area contributed by atoms with E-state index in [0.717, 1.165) is 16.5 Å². The second-order valence-electron chi connectivity index (χ2n) is 4.46. The van der Waals surface area contributed by atoms with E-state index in [1.54, 1.807) is 16.8 Å². The third-order valence-electron chi connectivity index (χ3n) is 3.15. The minimum atomic E-state index is -0.207. The maximum atomic E-state index is 13.7. The molecular formula is C14H17BrFN3. The summed E-state index contributed by atoms with van der Waals surface area (Å²) < 4.78 is 16.3. The monoisotopic (exact) mass is 325 g/mol. The molecule has 1 aromatic carbocycles. The van der Waals surface area contributed by atoms with E-state index in [4.69, 9.17) is 0 Å². The van der Waals surface area contributed by atoms with Crippen molar-refractivity contribution in [2.75, 3.05) is 7.05 Å². The van der Waals surface area contributed by atoms with Gasteiger partial charge in [0.2, 0.25) is 0 Å². The molecule has 1 N–H and O–H groups in total. The van der Waals surface area contributed by atoms with Crippen LogP contribution in [0, 0.1) is 5.82 Å². The van der Waals surface area contributed by atoms with Crippen LogP contribution >= 0.6 is 15.9 Å². The summed E-state index contributed by atoms with van der Waals surface area (Å²) in [4.78, 5) is 0. The average Bonchev–Trinajstić information content (AvgIpc) is 2.84. The largest absolute Gasteiger partial charge is 0.313 e. The van der Waals surface area contributed by atoms with Crippen LogP contribution in [0.2, 0.25) is 0 Å². The summed E-state index contributed by atoms with van der Waals surface area (Å²) in [5.41, 5.74) is 1.75. The van der Waals surface area contributed by atoms with Crippen LogP contribution in [0.1, 0.15) is 30.5 Å². The van der Waals surface area contributed by atoms with Gasteiger partial charge in [-0.05, 0) is 31.7 Å². The Morgan fingerprint density at radius 1 is 1.47 bits per heavy atom. The number of hydrogen-bond donors (Lipinski definition) is 1. The highest BCUT2D eigenvalue weighted by Gasteiger charge is 2.10. The molecule has 0 spiro atoms. The molecule has 102 valence electrons. The van der Waals surface area contributed by atoms with Crippen molar-refractivity contribution < 1.29 is 4.39 Å². The Bertz CT molecular complexity index is 549. The Morgan fingerprint density at radius 2 is 2.26 bits per heavy atom. The van der Waals surface area contributed by atoms with Crippen LogP contribution in [0.25, 0.3) is 0 Å². The molecular weight excluding hydrogens is 309 g/mol. The van der Waals surface area contributed by atoms with Gasteiger partial charge in [-0.15, -0.1) is 0 Å². The standard InChI is InChI=1S/C14H17BrFN3/c1-3-14(17-2)11-7-18-19(9-11)8-10-6-12(15)4-5-13(10)16/h4-7,9,14,17H,3,8H2,1-2H3. The summed E-state index contributed by atoms with van der Waals surface area (Å²) in [6, 6.07) is 5.24. The first kappa shape index (κ1) is 14.2. The SMILES string of the molecule is CCC(NC)c1cnn(Cc2cc(Br)ccc2F)c1. The van der Waals surface area contributed by atoms with Crippen LogP contribution in [-0.2, 0) is 6.54 Å². The number of halogens is 2. The van der Waals surface area contributed by atoms with Gasteiger partial charge in [0.1, 0.15) is 5.82 Å². The number of hydrogen-bond acceptors (Lipinski definition) is 2. The normalized spacial score (nSPS) is 12.6. The van der Waals surface area contributed by atoms with Gasteiger partial charge >= 0.3 is 0 Å². The summed E-state index contributed by atoms with van der Waals surface area (Å²) in [5, 5.41) is 7.52. The maximum absolute atomic E-state index is 13.7. The van der Waals surface area contributed by atoms with Gasteiger partial charge in [-0.1, -0.05) is 22.9 Å². The number of benzene rings is 1. The van der Waals surface area contributed by atoms with Crippen LogP contribution in [0.5, 0.6) is 0 Å². The first-order valence-electron chi connectivity index (χ1n) is 6.27. The van der Waals surface area contributed by atoms with E-state index in [1.165, 1.54) is 6.07 Å². The summed E-state index contributed by atoms with van der Waals surface area (Å²) in [5.74, 6) is -0.207. The molecule has 0 saturated carbocycles. The second-order valence-corrected chi connectivity index (χ2v) is 5.37. The minimum Gasteiger partial charge on any atom is -0.313 e. The molecule has 19 heavy (non-hydrogen) atoms. The summed E-state index contributed by atoms with van der Waals surface area (Å²) in [6.45, 7) is 2.55. The second kappa shape index (κ2) is 6.30. The molecule has 0 aliphatic heterocycles. The predicted molar refractivity (Wildman–Crippen MR) is 77.5 cm³/mol. The van der Waals surface area contributed by atoms with Gasteiger partial charge < -0.3 is 5.32 Å². The van der Waals surface area contributed by atoms with Crippen molar-refractivity contribution in [2.24, 2.45) is 0 Å². The molecule has 0 aliphatic carbocycles. The van der Waals surface area contributed by atoms with Crippen molar-refractivity contribution in [3.8, 4) is 0 Å². The molecule has 3 nitrogen and oxygen atoms in total. The van der Waals surface area contributed by atoms with Crippen LogP contribution in [-0.4, -0.2) is 16.8 Å². The number of rotatable bonds is 5. The lowest BCUT2D eigenvalue weighted by molar-refractivity contribution is 0.571. The van der Waals surface area contributed by atoms with Gasteiger partial charge in [0.25, 0.3) is 0 Å². The van der Waals surface area contributed by atoms with Gasteiger partial charge in [0, 0.05) is 27.8 Å². The Hall–Kier alpha value is -1.20. The Balaban J connectivity index is 2.18. The molecule has 1 aromatic heterocycles. The van der Waals surface area contributed by atoms with Crippen molar-refractivity contribution in [3.05, 3.63) is 52.0 Å². The van der Waals surface area contributed by atoms with Gasteiger partial charge in [0.15, 0.2) is 0 Å². The van der Waals surface area contributed by atoms with Crippen LogP contribution in [0.15, 0.2) is 35.1 Å². The number of aromatic nitrogens is 2. The fourth-order valence-electron chi connectivity index (χ4n) is 2.09. The molecule has 1 heterocycles. The smallest absolute Gasteiger partial charge is 0.128 e. The molecule has 0 bridgehead atoms. The number of nitrogens with one attached hydrogen (secondary N) is 1. The first-order chi connectivity index (χ1) is 9.13. The molecule has 2 aromatic rings. The highest BCUT2D eigenvalue weighted by Crippen LogP contribution is 2.18. The van der Waals surface area contributed by atoms with Crippen LogP contribution in [0.4, 0.5) is 4.39 Å². The molecule has 0 saturated heterocycles. The summed E-state index contributed by atoms with van der Waals surface area (Å²) >= 11 is 3.35. The van der Waals surface area contributed by atoms with E-state index in [-0.39, 0.29) is 5.82 Å². The predicted octanol–water partition coefficient (Wildman–Crippen LogP) is 3.50. The quantitative estimate of drug-likeness (QED) is 0.911. The zero-order chi connectivity index (χ0) is 13.8. The highest BCUT2D eigenvalue weighted by atomic mass is 79.9. The Kier molecular flexibility index (Phi) is 4.71. The zero-order valence-electron chi connectivity index (χ0n) is 11.0. The van der Waals surface area contributed by atoms with Gasteiger partial charge in [-0.3, -0.25) is 4.68 Å². The van der Waals surface area contributed by atoms with E-state index >= 15 is 0 Å². The molecule has 0 radical (unpaired) electrons. The molecule has 0 fully saturated rings. The van der Waals surface area contributed by atoms with Crippen LogP contribution < -0.4 is 5.32 Å². The summed E-state index contributed by atoms with van der Waals surface area (Å²) in [7, 11) is 1.93. The van der Waals surface area contributed by atoms with Crippen molar-refractivity contribution >= 4 is 15.9 Å². The average molecular weight is 326 g/mol. The van der Waals surface area contributed by atoms with Crippen molar-refractivity contribution in [1.82, 2.24) is 15.1 Å². The fraction of sp³-hybridized carbons (Fsp3) is 0.357. The van der Waals surface area contributed by atoms with Crippen molar-refractivity contribution in [1.29, 1.82) is 0 Å². The topological polar surface area (TPSA) is 29.9 Å². The maximum Gasteiger partial charge on any atom is 0.128 e. The van der Waals surface area contributed by atoms with Crippen molar-refractivity contribution in [3.63, 3.8) is 0 Å². The third kappa shape index (κ3) is 3.42. The molecule has 2 rings (SSSR count).